The molecule has 21 heavy (non-hydrogen) atoms. The second kappa shape index (κ2) is 6.43. The lowest BCUT2D eigenvalue weighted by molar-refractivity contribution is 0.452. The number of benzene rings is 1. The molecule has 6 heteroatoms. The maximum Gasteiger partial charge on any atom is 0.246 e. The van der Waals surface area contributed by atoms with Gasteiger partial charge in [-0.15, -0.1) is 0 Å². The summed E-state index contributed by atoms with van der Waals surface area (Å²) in [4.78, 5) is 0.228. The Morgan fingerprint density at radius 2 is 1.90 bits per heavy atom. The van der Waals surface area contributed by atoms with Gasteiger partial charge in [0.1, 0.15) is 16.4 Å². The second-order valence-corrected chi connectivity index (χ2v) is 6.92. The van der Waals surface area contributed by atoms with Crippen LogP contribution in [0.1, 0.15) is 17.1 Å². The highest BCUT2D eigenvalue weighted by molar-refractivity contribution is 7.89. The third kappa shape index (κ3) is 3.53. The first kappa shape index (κ1) is 15.8. The van der Waals surface area contributed by atoms with E-state index in [9.17, 15) is 8.42 Å². The molecule has 5 nitrogen and oxygen atoms in total. The first-order chi connectivity index (χ1) is 9.95. The van der Waals surface area contributed by atoms with E-state index in [1.54, 1.807) is 27.1 Å². The highest BCUT2D eigenvalue weighted by Crippen LogP contribution is 2.24. The SMILES string of the molecule is CNCc1cc(S(=O)(=O)N(C)Cc2ccccc2)c(C)o1. The summed E-state index contributed by atoms with van der Waals surface area (Å²) in [6.45, 7) is 2.50. The van der Waals surface area contributed by atoms with Gasteiger partial charge in [-0.3, -0.25) is 0 Å². The third-order valence-electron chi connectivity index (χ3n) is 3.21. The molecule has 0 spiro atoms. The Bertz CT molecular complexity index is 693. The Kier molecular flexibility index (Phi) is 4.82. The molecule has 0 saturated carbocycles. The van der Waals surface area contributed by atoms with E-state index >= 15 is 0 Å². The first-order valence-corrected chi connectivity index (χ1v) is 8.13. The standard InChI is InChI=1S/C15H20N2O3S/c1-12-15(9-14(20-12)10-16-2)21(18,19)17(3)11-13-7-5-4-6-8-13/h4-9,16H,10-11H2,1-3H3. The quantitative estimate of drug-likeness (QED) is 0.888. The molecule has 0 amide bonds. The highest BCUT2D eigenvalue weighted by Gasteiger charge is 2.26. The van der Waals surface area contributed by atoms with Gasteiger partial charge >= 0.3 is 0 Å². The molecule has 0 radical (unpaired) electrons. The van der Waals surface area contributed by atoms with Crippen LogP contribution < -0.4 is 5.32 Å². The molecule has 0 aliphatic rings. The lowest BCUT2D eigenvalue weighted by atomic mass is 10.2. The average Bonchev–Trinajstić information content (AvgIpc) is 2.82. The minimum absolute atomic E-state index is 0.228. The number of nitrogens with zero attached hydrogens (tertiary/aromatic N) is 1. The summed E-state index contributed by atoms with van der Waals surface area (Å²) in [5.41, 5.74) is 0.945. The van der Waals surface area contributed by atoms with Crippen molar-refractivity contribution >= 4 is 10.0 Å². The van der Waals surface area contributed by atoms with Gasteiger partial charge in [-0.2, -0.15) is 4.31 Å². The fraction of sp³-hybridized carbons (Fsp3) is 0.333. The summed E-state index contributed by atoms with van der Waals surface area (Å²) in [7, 11) is -0.192. The van der Waals surface area contributed by atoms with Gasteiger partial charge in [0.15, 0.2) is 0 Å². The van der Waals surface area contributed by atoms with Crippen LogP contribution in [0.2, 0.25) is 0 Å². The fourth-order valence-electron chi connectivity index (χ4n) is 2.14. The van der Waals surface area contributed by atoms with Crippen LogP contribution >= 0.6 is 0 Å². The molecule has 0 aliphatic carbocycles. The fourth-order valence-corrected chi connectivity index (χ4v) is 3.48. The zero-order valence-corrected chi connectivity index (χ0v) is 13.3. The molecule has 1 aromatic heterocycles. The van der Waals surface area contributed by atoms with E-state index in [0.717, 1.165) is 5.56 Å². The average molecular weight is 308 g/mol. The topological polar surface area (TPSA) is 62.6 Å². The Morgan fingerprint density at radius 3 is 2.52 bits per heavy atom. The van der Waals surface area contributed by atoms with Crippen LogP contribution in [0.15, 0.2) is 45.7 Å². The Morgan fingerprint density at radius 1 is 1.24 bits per heavy atom. The molecular weight excluding hydrogens is 288 g/mol. The van der Waals surface area contributed by atoms with Crippen molar-refractivity contribution in [1.29, 1.82) is 0 Å². The number of furan rings is 1. The van der Waals surface area contributed by atoms with Gasteiger partial charge in [0.2, 0.25) is 10.0 Å². The highest BCUT2D eigenvalue weighted by atomic mass is 32.2. The van der Waals surface area contributed by atoms with Crippen molar-refractivity contribution in [3.8, 4) is 0 Å². The molecule has 114 valence electrons. The maximum atomic E-state index is 12.6. The van der Waals surface area contributed by atoms with Crippen molar-refractivity contribution < 1.29 is 12.8 Å². The minimum Gasteiger partial charge on any atom is -0.464 e. The molecule has 1 aromatic carbocycles. The van der Waals surface area contributed by atoms with Crippen LogP contribution in [-0.4, -0.2) is 26.8 Å². The number of aryl methyl sites for hydroxylation is 1. The first-order valence-electron chi connectivity index (χ1n) is 6.69. The molecule has 0 unspecified atom stereocenters. The van der Waals surface area contributed by atoms with E-state index in [4.69, 9.17) is 4.42 Å². The van der Waals surface area contributed by atoms with Crippen molar-refractivity contribution in [2.75, 3.05) is 14.1 Å². The number of hydrogen-bond acceptors (Lipinski definition) is 4. The molecule has 0 fully saturated rings. The van der Waals surface area contributed by atoms with Crippen LogP contribution in [0.5, 0.6) is 0 Å². The van der Waals surface area contributed by atoms with Crippen molar-refractivity contribution in [3.63, 3.8) is 0 Å². The molecule has 0 bridgehead atoms. The zero-order valence-electron chi connectivity index (χ0n) is 12.5. The van der Waals surface area contributed by atoms with E-state index < -0.39 is 10.0 Å². The van der Waals surface area contributed by atoms with E-state index in [1.807, 2.05) is 30.3 Å². The molecule has 1 heterocycles. The summed E-state index contributed by atoms with van der Waals surface area (Å²) in [5, 5.41) is 2.94. The molecule has 1 N–H and O–H groups in total. The second-order valence-electron chi connectivity index (χ2n) is 4.91. The summed E-state index contributed by atoms with van der Waals surface area (Å²) >= 11 is 0. The Hall–Kier alpha value is -1.63. The third-order valence-corrected chi connectivity index (χ3v) is 5.12. The van der Waals surface area contributed by atoms with Crippen molar-refractivity contribution in [3.05, 3.63) is 53.5 Å². The smallest absolute Gasteiger partial charge is 0.246 e. The van der Waals surface area contributed by atoms with Crippen LogP contribution in [0.25, 0.3) is 0 Å². The monoisotopic (exact) mass is 308 g/mol. The van der Waals surface area contributed by atoms with Crippen LogP contribution in [0, 0.1) is 6.92 Å². The van der Waals surface area contributed by atoms with E-state index in [1.165, 1.54) is 4.31 Å². The van der Waals surface area contributed by atoms with Gasteiger partial charge in [0.05, 0.1) is 6.54 Å². The van der Waals surface area contributed by atoms with Gasteiger partial charge in [-0.1, -0.05) is 30.3 Å². The van der Waals surface area contributed by atoms with Gasteiger partial charge in [-0.05, 0) is 19.5 Å². The van der Waals surface area contributed by atoms with E-state index in [2.05, 4.69) is 5.32 Å². The van der Waals surface area contributed by atoms with Crippen LogP contribution in [-0.2, 0) is 23.1 Å². The van der Waals surface area contributed by atoms with Crippen LogP contribution in [0.3, 0.4) is 0 Å². The lowest BCUT2D eigenvalue weighted by Gasteiger charge is -2.16. The number of nitrogens with one attached hydrogen (secondary N) is 1. The van der Waals surface area contributed by atoms with E-state index in [0.29, 0.717) is 24.6 Å². The Labute approximate surface area is 125 Å². The summed E-state index contributed by atoms with van der Waals surface area (Å²) < 4.78 is 32.1. The van der Waals surface area contributed by atoms with Gasteiger partial charge in [0.25, 0.3) is 0 Å². The molecule has 0 atom stereocenters. The summed E-state index contributed by atoms with van der Waals surface area (Å²) in [5.74, 6) is 1.03. The van der Waals surface area contributed by atoms with Gasteiger partial charge in [-0.25, -0.2) is 8.42 Å². The van der Waals surface area contributed by atoms with Crippen molar-refractivity contribution in [1.82, 2.24) is 9.62 Å². The number of rotatable bonds is 6. The van der Waals surface area contributed by atoms with Crippen molar-refractivity contribution in [2.45, 2.75) is 24.9 Å². The molecule has 0 aliphatic heterocycles. The molecule has 2 rings (SSSR count). The van der Waals surface area contributed by atoms with Crippen molar-refractivity contribution in [2.24, 2.45) is 0 Å². The zero-order chi connectivity index (χ0) is 15.5. The van der Waals surface area contributed by atoms with Gasteiger partial charge in [0, 0.05) is 19.7 Å². The predicted molar refractivity (Wildman–Crippen MR) is 81.3 cm³/mol. The van der Waals surface area contributed by atoms with Crippen LogP contribution in [0.4, 0.5) is 0 Å². The molecule has 0 saturated heterocycles. The van der Waals surface area contributed by atoms with E-state index in [-0.39, 0.29) is 4.90 Å². The molecular formula is C15H20N2O3S. The largest absolute Gasteiger partial charge is 0.464 e. The Balaban J connectivity index is 2.24. The normalized spacial score (nSPS) is 12.0. The number of hydrogen-bond donors (Lipinski definition) is 1. The minimum atomic E-state index is -3.55. The maximum absolute atomic E-state index is 12.6. The predicted octanol–water partition coefficient (Wildman–Crippen LogP) is 2.13. The summed E-state index contributed by atoms with van der Waals surface area (Å²) in [6.07, 6.45) is 0. The summed E-state index contributed by atoms with van der Waals surface area (Å²) in [6, 6.07) is 11.1. The lowest BCUT2D eigenvalue weighted by Crippen LogP contribution is -2.26. The van der Waals surface area contributed by atoms with Gasteiger partial charge < -0.3 is 9.73 Å². The molecule has 2 aromatic rings. The number of sulfonamides is 1.